The van der Waals surface area contributed by atoms with E-state index in [2.05, 4.69) is 9.97 Å². The molecule has 0 aromatic carbocycles. The van der Waals surface area contributed by atoms with Crippen LogP contribution in [-0.4, -0.2) is 29.4 Å². The molecule has 0 atom stereocenters. The number of ether oxygens (including phenoxy) is 1. The lowest BCUT2D eigenvalue weighted by atomic mass is 10.5. The topological polar surface area (TPSA) is 61.0 Å². The second-order valence-corrected chi connectivity index (χ2v) is 3.86. The van der Waals surface area contributed by atoms with Crippen LogP contribution in [0.25, 0.3) is 0 Å². The molecule has 1 rings (SSSR count). The van der Waals surface area contributed by atoms with Crippen molar-refractivity contribution in [3.05, 3.63) is 18.1 Å². The Hall–Kier alpha value is -0.650. The molecule has 0 fully saturated rings. The predicted octanol–water partition coefficient (Wildman–Crippen LogP) is 1.06. The van der Waals surface area contributed by atoms with E-state index in [0.717, 1.165) is 29.5 Å². The van der Waals surface area contributed by atoms with E-state index in [1.54, 1.807) is 31.3 Å². The second kappa shape index (κ2) is 6.75. The number of hydrogen-bond donors (Lipinski definition) is 1. The number of nitrogens with zero attached hydrogens (tertiary/aromatic N) is 2. The summed E-state index contributed by atoms with van der Waals surface area (Å²) >= 11 is 1.69. The summed E-state index contributed by atoms with van der Waals surface area (Å²) < 4.78 is 4.95. The van der Waals surface area contributed by atoms with Gasteiger partial charge in [0.1, 0.15) is 5.03 Å². The van der Waals surface area contributed by atoms with Crippen molar-refractivity contribution in [1.82, 2.24) is 9.97 Å². The van der Waals surface area contributed by atoms with Crippen LogP contribution in [0.1, 0.15) is 12.1 Å². The second-order valence-electron chi connectivity index (χ2n) is 2.74. The SMILES string of the molecule is COCCCSc1cnc(CN)cn1. The Balaban J connectivity index is 2.29. The monoisotopic (exact) mass is 213 g/mol. The molecule has 14 heavy (non-hydrogen) atoms. The van der Waals surface area contributed by atoms with Gasteiger partial charge in [0.2, 0.25) is 0 Å². The zero-order valence-electron chi connectivity index (χ0n) is 8.27. The van der Waals surface area contributed by atoms with E-state index in [4.69, 9.17) is 10.5 Å². The van der Waals surface area contributed by atoms with Crippen molar-refractivity contribution in [1.29, 1.82) is 0 Å². The normalized spacial score (nSPS) is 10.4. The summed E-state index contributed by atoms with van der Waals surface area (Å²) in [6, 6.07) is 0. The van der Waals surface area contributed by atoms with Gasteiger partial charge < -0.3 is 10.5 Å². The third-order valence-corrected chi connectivity index (χ3v) is 2.63. The summed E-state index contributed by atoms with van der Waals surface area (Å²) in [4.78, 5) is 8.38. The smallest absolute Gasteiger partial charge is 0.114 e. The van der Waals surface area contributed by atoms with Gasteiger partial charge in [0.05, 0.1) is 18.1 Å². The number of thioether (sulfide) groups is 1. The molecule has 0 saturated carbocycles. The van der Waals surface area contributed by atoms with Crippen molar-refractivity contribution in [3.8, 4) is 0 Å². The van der Waals surface area contributed by atoms with Crippen molar-refractivity contribution < 1.29 is 4.74 Å². The van der Waals surface area contributed by atoms with Crippen LogP contribution in [0, 0.1) is 0 Å². The van der Waals surface area contributed by atoms with Gasteiger partial charge in [-0.3, -0.25) is 4.98 Å². The van der Waals surface area contributed by atoms with Gasteiger partial charge in [-0.25, -0.2) is 4.98 Å². The highest BCUT2D eigenvalue weighted by Crippen LogP contribution is 2.14. The third-order valence-electron chi connectivity index (χ3n) is 1.63. The van der Waals surface area contributed by atoms with Gasteiger partial charge in [-0.15, -0.1) is 11.8 Å². The Labute approximate surface area is 88.3 Å². The fourth-order valence-corrected chi connectivity index (χ4v) is 1.63. The zero-order valence-corrected chi connectivity index (χ0v) is 9.09. The number of aromatic nitrogens is 2. The van der Waals surface area contributed by atoms with E-state index < -0.39 is 0 Å². The average molecular weight is 213 g/mol. The van der Waals surface area contributed by atoms with Crippen molar-refractivity contribution in [2.45, 2.75) is 18.0 Å². The van der Waals surface area contributed by atoms with Gasteiger partial charge in [0.25, 0.3) is 0 Å². The zero-order chi connectivity index (χ0) is 10.2. The van der Waals surface area contributed by atoms with Crippen LogP contribution in [0.15, 0.2) is 17.4 Å². The maximum atomic E-state index is 5.41. The summed E-state index contributed by atoms with van der Waals surface area (Å²) in [5.41, 5.74) is 6.24. The first kappa shape index (κ1) is 11.4. The van der Waals surface area contributed by atoms with Gasteiger partial charge in [0.15, 0.2) is 0 Å². The minimum absolute atomic E-state index is 0.446. The third kappa shape index (κ3) is 4.04. The van der Waals surface area contributed by atoms with E-state index in [-0.39, 0.29) is 0 Å². The molecule has 0 spiro atoms. The molecular formula is C9H15N3OS. The molecule has 0 saturated heterocycles. The molecule has 0 radical (unpaired) electrons. The molecule has 0 unspecified atom stereocenters. The van der Waals surface area contributed by atoms with Crippen LogP contribution in [0.4, 0.5) is 0 Å². The number of nitrogens with two attached hydrogens (primary N) is 1. The van der Waals surface area contributed by atoms with E-state index in [1.165, 1.54) is 0 Å². The molecule has 1 aromatic heterocycles. The Morgan fingerprint density at radius 1 is 1.43 bits per heavy atom. The van der Waals surface area contributed by atoms with Crippen molar-refractivity contribution in [2.75, 3.05) is 19.5 Å². The lowest BCUT2D eigenvalue weighted by Gasteiger charge is -2.00. The van der Waals surface area contributed by atoms with E-state index in [0.29, 0.717) is 6.54 Å². The summed E-state index contributed by atoms with van der Waals surface area (Å²) in [5, 5.41) is 0.943. The lowest BCUT2D eigenvalue weighted by molar-refractivity contribution is 0.200. The van der Waals surface area contributed by atoms with Gasteiger partial charge in [-0.2, -0.15) is 0 Å². The van der Waals surface area contributed by atoms with Crippen LogP contribution in [0.2, 0.25) is 0 Å². The highest BCUT2D eigenvalue weighted by Gasteiger charge is 1.96. The molecule has 78 valence electrons. The molecule has 0 aliphatic heterocycles. The predicted molar refractivity (Wildman–Crippen MR) is 57.1 cm³/mol. The Bertz CT molecular complexity index is 253. The maximum Gasteiger partial charge on any atom is 0.114 e. The van der Waals surface area contributed by atoms with E-state index in [1.807, 2.05) is 0 Å². The standard InChI is InChI=1S/C9H15N3OS/c1-13-3-2-4-14-9-7-11-8(5-10)6-12-9/h6-7H,2-5,10H2,1H3. The van der Waals surface area contributed by atoms with Crippen molar-refractivity contribution >= 4 is 11.8 Å². The highest BCUT2D eigenvalue weighted by molar-refractivity contribution is 7.99. The molecule has 1 aromatic rings. The van der Waals surface area contributed by atoms with Gasteiger partial charge in [0, 0.05) is 26.0 Å². The summed E-state index contributed by atoms with van der Waals surface area (Å²) in [5.74, 6) is 1.00. The van der Waals surface area contributed by atoms with Gasteiger partial charge in [-0.1, -0.05) is 0 Å². The molecular weight excluding hydrogens is 198 g/mol. The van der Waals surface area contributed by atoms with Crippen LogP contribution in [-0.2, 0) is 11.3 Å². The molecule has 1 heterocycles. The first-order valence-electron chi connectivity index (χ1n) is 4.49. The van der Waals surface area contributed by atoms with Crippen LogP contribution in [0.5, 0.6) is 0 Å². The summed E-state index contributed by atoms with van der Waals surface area (Å²) in [6.07, 6.45) is 4.51. The Morgan fingerprint density at radius 2 is 2.29 bits per heavy atom. The average Bonchev–Trinajstić information content (AvgIpc) is 2.25. The Morgan fingerprint density at radius 3 is 2.86 bits per heavy atom. The van der Waals surface area contributed by atoms with Crippen molar-refractivity contribution in [2.24, 2.45) is 5.73 Å². The Kier molecular flexibility index (Phi) is 5.51. The first-order valence-corrected chi connectivity index (χ1v) is 5.48. The fourth-order valence-electron chi connectivity index (χ4n) is 0.903. The number of hydrogen-bond acceptors (Lipinski definition) is 5. The van der Waals surface area contributed by atoms with E-state index >= 15 is 0 Å². The van der Waals surface area contributed by atoms with Crippen LogP contribution < -0.4 is 5.73 Å². The quantitative estimate of drug-likeness (QED) is 0.565. The van der Waals surface area contributed by atoms with Crippen molar-refractivity contribution in [3.63, 3.8) is 0 Å². The number of rotatable bonds is 6. The summed E-state index contributed by atoms with van der Waals surface area (Å²) in [7, 11) is 1.71. The molecule has 0 amide bonds. The molecule has 4 nitrogen and oxygen atoms in total. The summed E-state index contributed by atoms with van der Waals surface area (Å²) in [6.45, 7) is 1.24. The maximum absolute atomic E-state index is 5.41. The van der Waals surface area contributed by atoms with Crippen LogP contribution >= 0.6 is 11.8 Å². The first-order chi connectivity index (χ1) is 6.86. The molecule has 0 bridgehead atoms. The van der Waals surface area contributed by atoms with Crippen LogP contribution in [0.3, 0.4) is 0 Å². The largest absolute Gasteiger partial charge is 0.385 e. The highest BCUT2D eigenvalue weighted by atomic mass is 32.2. The van der Waals surface area contributed by atoms with Gasteiger partial charge >= 0.3 is 0 Å². The molecule has 2 N–H and O–H groups in total. The minimum atomic E-state index is 0.446. The molecule has 5 heteroatoms. The fraction of sp³-hybridized carbons (Fsp3) is 0.556. The number of methoxy groups -OCH3 is 1. The van der Waals surface area contributed by atoms with E-state index in [9.17, 15) is 0 Å². The van der Waals surface area contributed by atoms with Gasteiger partial charge in [-0.05, 0) is 6.42 Å². The molecule has 0 aliphatic rings. The minimum Gasteiger partial charge on any atom is -0.385 e. The molecule has 0 aliphatic carbocycles. The lowest BCUT2D eigenvalue weighted by Crippen LogP contribution is -2.00.